The summed E-state index contributed by atoms with van der Waals surface area (Å²) >= 11 is 1.92. The maximum atomic E-state index is 4.24. The van der Waals surface area contributed by atoms with Gasteiger partial charge < -0.3 is 5.32 Å². The number of hydrogen-bond donors (Lipinski definition) is 1. The van der Waals surface area contributed by atoms with Crippen molar-refractivity contribution in [1.82, 2.24) is 15.1 Å². The summed E-state index contributed by atoms with van der Waals surface area (Å²) in [6.45, 7) is 5.30. The highest BCUT2D eigenvalue weighted by Gasteiger charge is 2.10. The molecule has 20 heavy (non-hydrogen) atoms. The van der Waals surface area contributed by atoms with E-state index in [0.717, 1.165) is 18.7 Å². The maximum Gasteiger partial charge on any atom is 0.0522 e. The van der Waals surface area contributed by atoms with Gasteiger partial charge in [-0.15, -0.1) is 11.8 Å². The Morgan fingerprint density at radius 2 is 2.25 bits per heavy atom. The average molecular weight is 289 g/mol. The van der Waals surface area contributed by atoms with Gasteiger partial charge in [-0.05, 0) is 37.6 Å². The molecule has 1 N–H and O–H groups in total. The Hall–Kier alpha value is -1.26. The molecule has 3 nitrogen and oxygen atoms in total. The van der Waals surface area contributed by atoms with Crippen molar-refractivity contribution in [2.75, 3.05) is 12.3 Å². The van der Waals surface area contributed by atoms with Crippen LogP contribution in [-0.4, -0.2) is 28.1 Å². The monoisotopic (exact) mass is 289 g/mol. The molecule has 2 aromatic rings. The predicted molar refractivity (Wildman–Crippen MR) is 86.3 cm³/mol. The Balaban J connectivity index is 1.91. The Bertz CT molecular complexity index is 536. The minimum Gasteiger partial charge on any atom is -0.313 e. The van der Waals surface area contributed by atoms with Gasteiger partial charge >= 0.3 is 0 Å². The molecule has 0 spiro atoms. The zero-order valence-corrected chi connectivity index (χ0v) is 13.3. The van der Waals surface area contributed by atoms with Gasteiger partial charge in [0.2, 0.25) is 0 Å². The summed E-state index contributed by atoms with van der Waals surface area (Å²) in [5, 5.41) is 7.81. The average Bonchev–Trinajstić information content (AvgIpc) is 2.82. The minimum absolute atomic E-state index is 0.481. The van der Waals surface area contributed by atoms with E-state index in [1.165, 1.54) is 16.0 Å². The zero-order valence-electron chi connectivity index (χ0n) is 12.5. The molecule has 0 aliphatic heterocycles. The normalized spacial score (nSPS) is 12.6. The lowest BCUT2D eigenvalue weighted by molar-refractivity contribution is 0.572. The van der Waals surface area contributed by atoms with Gasteiger partial charge in [-0.3, -0.25) is 4.68 Å². The van der Waals surface area contributed by atoms with Crippen molar-refractivity contribution in [3.8, 4) is 0 Å². The van der Waals surface area contributed by atoms with E-state index >= 15 is 0 Å². The molecule has 2 rings (SSSR count). The number of aromatic nitrogens is 2. The Morgan fingerprint density at radius 3 is 2.90 bits per heavy atom. The molecule has 108 valence electrons. The van der Waals surface area contributed by atoms with Crippen LogP contribution in [-0.2, 0) is 13.5 Å². The molecule has 1 aromatic carbocycles. The van der Waals surface area contributed by atoms with E-state index in [1.807, 2.05) is 29.7 Å². The van der Waals surface area contributed by atoms with Crippen molar-refractivity contribution in [2.24, 2.45) is 7.05 Å². The number of nitrogens with zero attached hydrogens (tertiary/aromatic N) is 2. The van der Waals surface area contributed by atoms with Crippen LogP contribution in [0.4, 0.5) is 0 Å². The Morgan fingerprint density at radius 1 is 1.40 bits per heavy atom. The van der Waals surface area contributed by atoms with Gasteiger partial charge in [0.25, 0.3) is 0 Å². The first-order valence-electron chi connectivity index (χ1n) is 7.07. The summed E-state index contributed by atoms with van der Waals surface area (Å²) < 4.78 is 1.87. The number of thioether (sulfide) groups is 1. The van der Waals surface area contributed by atoms with Crippen LogP contribution in [0, 0.1) is 6.92 Å². The molecule has 0 aliphatic carbocycles. The predicted octanol–water partition coefficient (Wildman–Crippen LogP) is 3.04. The molecule has 0 fully saturated rings. The maximum absolute atomic E-state index is 4.24. The molecular weight excluding hydrogens is 266 g/mol. The number of likely N-dealkylation sites (N-methyl/N-ethyl adjacent to an activating group) is 1. The van der Waals surface area contributed by atoms with Crippen molar-refractivity contribution < 1.29 is 0 Å². The lowest BCUT2D eigenvalue weighted by Gasteiger charge is -2.16. The van der Waals surface area contributed by atoms with Gasteiger partial charge in [0.15, 0.2) is 0 Å². The first-order valence-corrected chi connectivity index (χ1v) is 8.06. The third-order valence-corrected chi connectivity index (χ3v) is 4.33. The van der Waals surface area contributed by atoms with Crippen LogP contribution < -0.4 is 5.32 Å². The Labute approximate surface area is 125 Å². The fourth-order valence-electron chi connectivity index (χ4n) is 2.24. The molecule has 0 saturated carbocycles. The van der Waals surface area contributed by atoms with Crippen LogP contribution in [0.25, 0.3) is 0 Å². The van der Waals surface area contributed by atoms with Gasteiger partial charge in [-0.25, -0.2) is 0 Å². The number of benzene rings is 1. The Kier molecular flexibility index (Phi) is 5.68. The van der Waals surface area contributed by atoms with Crippen LogP contribution in [0.15, 0.2) is 41.6 Å². The molecule has 0 bridgehead atoms. The molecular formula is C16H23N3S. The van der Waals surface area contributed by atoms with Crippen molar-refractivity contribution in [3.05, 3.63) is 47.8 Å². The summed E-state index contributed by atoms with van der Waals surface area (Å²) in [5.41, 5.74) is 2.62. The second-order valence-corrected chi connectivity index (χ2v) is 6.20. The lowest BCUT2D eigenvalue weighted by Crippen LogP contribution is -2.33. The van der Waals surface area contributed by atoms with Crippen molar-refractivity contribution >= 4 is 11.8 Å². The fourth-order valence-corrected chi connectivity index (χ4v) is 3.32. The van der Waals surface area contributed by atoms with Crippen molar-refractivity contribution in [2.45, 2.75) is 31.2 Å². The van der Waals surface area contributed by atoms with Gasteiger partial charge in [0, 0.05) is 29.9 Å². The van der Waals surface area contributed by atoms with Gasteiger partial charge in [-0.1, -0.05) is 24.6 Å². The second kappa shape index (κ2) is 7.50. The molecule has 1 aromatic heterocycles. The quantitative estimate of drug-likeness (QED) is 0.795. The molecule has 1 atom stereocenters. The summed E-state index contributed by atoms with van der Waals surface area (Å²) in [7, 11) is 1.97. The van der Waals surface area contributed by atoms with Crippen LogP contribution in [0.3, 0.4) is 0 Å². The van der Waals surface area contributed by atoms with E-state index in [2.05, 4.69) is 54.7 Å². The van der Waals surface area contributed by atoms with E-state index in [4.69, 9.17) is 0 Å². The van der Waals surface area contributed by atoms with E-state index in [9.17, 15) is 0 Å². The number of rotatable bonds is 7. The summed E-state index contributed by atoms with van der Waals surface area (Å²) in [6, 6.07) is 9.18. The summed E-state index contributed by atoms with van der Waals surface area (Å²) in [4.78, 5) is 1.35. The van der Waals surface area contributed by atoms with E-state index in [-0.39, 0.29) is 0 Å². The minimum atomic E-state index is 0.481. The first-order chi connectivity index (χ1) is 9.67. The third-order valence-electron chi connectivity index (χ3n) is 3.17. The summed E-state index contributed by atoms with van der Waals surface area (Å²) in [6.07, 6.45) is 5.09. The van der Waals surface area contributed by atoms with Crippen LogP contribution in [0.1, 0.15) is 18.1 Å². The zero-order chi connectivity index (χ0) is 14.4. The van der Waals surface area contributed by atoms with Gasteiger partial charge in [-0.2, -0.15) is 5.10 Å². The summed E-state index contributed by atoms with van der Waals surface area (Å²) in [5.74, 6) is 1.08. The second-order valence-electron chi connectivity index (χ2n) is 5.11. The molecule has 0 amide bonds. The van der Waals surface area contributed by atoms with Crippen LogP contribution in [0.2, 0.25) is 0 Å². The third kappa shape index (κ3) is 4.69. The van der Waals surface area contributed by atoms with Crippen molar-refractivity contribution in [3.63, 3.8) is 0 Å². The number of nitrogens with one attached hydrogen (secondary N) is 1. The lowest BCUT2D eigenvalue weighted by atomic mass is 10.1. The molecule has 1 unspecified atom stereocenters. The highest BCUT2D eigenvalue weighted by atomic mass is 32.2. The number of hydrogen-bond acceptors (Lipinski definition) is 3. The topological polar surface area (TPSA) is 29.9 Å². The van der Waals surface area contributed by atoms with Crippen molar-refractivity contribution in [1.29, 1.82) is 0 Å². The highest BCUT2D eigenvalue weighted by molar-refractivity contribution is 7.99. The molecule has 0 radical (unpaired) electrons. The fraction of sp³-hybridized carbons (Fsp3) is 0.438. The standard InChI is InChI=1S/C16H23N3S/c1-4-17-15(9-14-10-18-19(3)11-14)12-20-16-7-5-6-13(2)8-16/h5-8,10-11,15,17H,4,9,12H2,1-3H3. The van der Waals surface area contributed by atoms with Crippen LogP contribution in [0.5, 0.6) is 0 Å². The van der Waals surface area contributed by atoms with Gasteiger partial charge in [0.05, 0.1) is 6.20 Å². The highest BCUT2D eigenvalue weighted by Crippen LogP contribution is 2.20. The SMILES string of the molecule is CCNC(CSc1cccc(C)c1)Cc1cnn(C)c1. The number of aryl methyl sites for hydroxylation is 2. The molecule has 0 aliphatic rings. The largest absolute Gasteiger partial charge is 0.313 e. The van der Waals surface area contributed by atoms with Gasteiger partial charge in [0.1, 0.15) is 0 Å². The molecule has 0 saturated heterocycles. The van der Waals surface area contributed by atoms with Crippen LogP contribution >= 0.6 is 11.8 Å². The van der Waals surface area contributed by atoms with E-state index in [0.29, 0.717) is 6.04 Å². The molecule has 4 heteroatoms. The van der Waals surface area contributed by atoms with E-state index < -0.39 is 0 Å². The van der Waals surface area contributed by atoms with E-state index in [1.54, 1.807) is 0 Å². The smallest absolute Gasteiger partial charge is 0.0522 e. The first kappa shape index (κ1) is 15.1. The molecule has 1 heterocycles.